The number of H-pyrrole nitrogens is 2. The first-order chi connectivity index (χ1) is 20.0. The van der Waals surface area contributed by atoms with E-state index in [-0.39, 0.29) is 5.82 Å². The number of para-hydroxylation sites is 1. The number of rotatable bonds is 6. The van der Waals surface area contributed by atoms with Crippen molar-refractivity contribution in [3.63, 3.8) is 0 Å². The van der Waals surface area contributed by atoms with Crippen LogP contribution in [0.15, 0.2) is 67.1 Å². The molecule has 6 aromatic rings. The van der Waals surface area contributed by atoms with Gasteiger partial charge in [-0.2, -0.15) is 5.10 Å². The number of imidazole rings is 1. The Labute approximate surface area is 236 Å². The van der Waals surface area contributed by atoms with E-state index in [0.29, 0.717) is 24.7 Å². The molecule has 9 nitrogen and oxygen atoms in total. The molecule has 1 fully saturated rings. The van der Waals surface area contributed by atoms with E-state index < -0.39 is 0 Å². The lowest BCUT2D eigenvalue weighted by atomic mass is 10.0. The van der Waals surface area contributed by atoms with Gasteiger partial charge in [0.25, 0.3) is 0 Å². The van der Waals surface area contributed by atoms with Crippen LogP contribution in [0.3, 0.4) is 0 Å². The third-order valence-corrected chi connectivity index (χ3v) is 7.36. The molecular formula is C31H29FN8O. The molecule has 41 heavy (non-hydrogen) atoms. The maximum absolute atomic E-state index is 14.8. The van der Waals surface area contributed by atoms with E-state index in [1.54, 1.807) is 12.1 Å². The fourth-order valence-electron chi connectivity index (χ4n) is 5.45. The van der Waals surface area contributed by atoms with Gasteiger partial charge in [-0.05, 0) is 61.6 Å². The van der Waals surface area contributed by atoms with Crippen LogP contribution >= 0.6 is 0 Å². The Balaban J connectivity index is 1.29. The molecular weight excluding hydrogens is 519 g/mol. The van der Waals surface area contributed by atoms with Gasteiger partial charge in [-0.1, -0.05) is 12.1 Å². The number of anilines is 1. The monoisotopic (exact) mass is 548 g/mol. The quantitative estimate of drug-likeness (QED) is 0.293. The van der Waals surface area contributed by atoms with Gasteiger partial charge in [-0.15, -0.1) is 0 Å². The highest BCUT2D eigenvalue weighted by Gasteiger charge is 2.18. The number of nitrogens with one attached hydrogen (secondary N) is 2. The molecule has 0 bridgehead atoms. The molecule has 2 N–H and O–H groups in total. The first-order valence-corrected chi connectivity index (χ1v) is 13.6. The standard InChI is InChI=1S/C31H29FN8O/c1-39(2)18-19-10-21(16-33-15-19)22-13-26-29(37-38-30(26)34-17-22)31-35-27-5-3-4-25(28(27)36-31)20-11-23(32)14-24(12-20)40-6-8-41-9-7-40/h3-5,10-17H,6-9,18H2,1-2H3,(H,35,36)(H,34,37,38). The van der Waals surface area contributed by atoms with E-state index in [0.717, 1.165) is 75.3 Å². The third kappa shape index (κ3) is 4.92. The largest absolute Gasteiger partial charge is 0.378 e. The van der Waals surface area contributed by atoms with E-state index in [1.807, 2.05) is 57.0 Å². The zero-order chi connectivity index (χ0) is 27.9. The Morgan fingerprint density at radius 1 is 0.976 bits per heavy atom. The van der Waals surface area contributed by atoms with Crippen molar-refractivity contribution in [3.8, 4) is 33.8 Å². The summed E-state index contributed by atoms with van der Waals surface area (Å²) in [5, 5.41) is 8.40. The van der Waals surface area contributed by atoms with Crippen molar-refractivity contribution in [1.29, 1.82) is 0 Å². The van der Waals surface area contributed by atoms with Crippen LogP contribution in [0.1, 0.15) is 5.56 Å². The average Bonchev–Trinajstić information content (AvgIpc) is 3.61. The highest BCUT2D eigenvalue weighted by Crippen LogP contribution is 2.34. The minimum absolute atomic E-state index is 0.279. The van der Waals surface area contributed by atoms with Gasteiger partial charge < -0.3 is 19.5 Å². The van der Waals surface area contributed by atoms with E-state index >= 15 is 0 Å². The van der Waals surface area contributed by atoms with Gasteiger partial charge in [0, 0.05) is 60.6 Å². The minimum Gasteiger partial charge on any atom is -0.378 e. The molecule has 0 unspecified atom stereocenters. The van der Waals surface area contributed by atoms with Gasteiger partial charge in [0.1, 0.15) is 11.5 Å². The van der Waals surface area contributed by atoms with Crippen molar-refractivity contribution >= 4 is 27.8 Å². The predicted molar refractivity (Wildman–Crippen MR) is 158 cm³/mol. The second-order valence-electron chi connectivity index (χ2n) is 10.6. The Morgan fingerprint density at radius 2 is 1.83 bits per heavy atom. The smallest absolute Gasteiger partial charge is 0.181 e. The summed E-state index contributed by atoms with van der Waals surface area (Å²) in [6.07, 6.45) is 5.54. The number of hydrogen-bond donors (Lipinski definition) is 2. The summed E-state index contributed by atoms with van der Waals surface area (Å²) in [5.41, 5.74) is 8.47. The third-order valence-electron chi connectivity index (χ3n) is 7.36. The number of pyridine rings is 2. The SMILES string of the molecule is CN(C)Cc1cncc(-c2cnc3n[nH]c(-c4nc5c(-c6cc(F)cc(N7CCOCC7)c6)cccc5[nH]4)c3c2)c1. The number of aromatic amines is 2. The van der Waals surface area contributed by atoms with Crippen molar-refractivity contribution < 1.29 is 9.13 Å². The van der Waals surface area contributed by atoms with Gasteiger partial charge in [0.15, 0.2) is 11.5 Å². The van der Waals surface area contributed by atoms with Crippen LogP contribution in [0.5, 0.6) is 0 Å². The second-order valence-corrected chi connectivity index (χ2v) is 10.6. The maximum atomic E-state index is 14.8. The molecule has 0 saturated carbocycles. The van der Waals surface area contributed by atoms with Crippen molar-refractivity contribution in [1.82, 2.24) is 35.0 Å². The number of hydrogen-bond acceptors (Lipinski definition) is 7. The average molecular weight is 549 g/mol. The number of halogens is 1. The van der Waals surface area contributed by atoms with Crippen LogP contribution in [-0.2, 0) is 11.3 Å². The molecule has 0 spiro atoms. The second kappa shape index (κ2) is 10.4. The molecule has 1 aliphatic heterocycles. The van der Waals surface area contributed by atoms with Crippen LogP contribution in [0.25, 0.3) is 55.8 Å². The summed E-state index contributed by atoms with van der Waals surface area (Å²) >= 11 is 0. The number of aromatic nitrogens is 6. The molecule has 0 radical (unpaired) electrons. The predicted octanol–water partition coefficient (Wildman–Crippen LogP) is 5.27. The Bertz CT molecular complexity index is 1870. The highest BCUT2D eigenvalue weighted by atomic mass is 19.1. The van der Waals surface area contributed by atoms with E-state index in [2.05, 4.69) is 47.1 Å². The maximum Gasteiger partial charge on any atom is 0.181 e. The van der Waals surface area contributed by atoms with Crippen molar-refractivity contribution in [2.75, 3.05) is 45.3 Å². The first kappa shape index (κ1) is 25.3. The summed E-state index contributed by atoms with van der Waals surface area (Å²) in [4.78, 5) is 21.7. The fraction of sp³-hybridized carbons (Fsp3) is 0.226. The summed E-state index contributed by atoms with van der Waals surface area (Å²) in [6, 6.07) is 15.3. The van der Waals surface area contributed by atoms with Gasteiger partial charge >= 0.3 is 0 Å². The molecule has 1 aliphatic rings. The summed E-state index contributed by atoms with van der Waals surface area (Å²) in [6.45, 7) is 3.54. The zero-order valence-corrected chi connectivity index (χ0v) is 22.9. The van der Waals surface area contributed by atoms with Gasteiger partial charge in [-0.25, -0.2) is 14.4 Å². The van der Waals surface area contributed by atoms with Crippen LogP contribution in [-0.4, -0.2) is 75.4 Å². The van der Waals surface area contributed by atoms with Crippen molar-refractivity contribution in [3.05, 3.63) is 78.5 Å². The molecule has 10 heteroatoms. The number of morpholine rings is 1. The van der Waals surface area contributed by atoms with Crippen LogP contribution in [0.2, 0.25) is 0 Å². The van der Waals surface area contributed by atoms with E-state index in [4.69, 9.17) is 9.72 Å². The lowest BCUT2D eigenvalue weighted by Gasteiger charge is -2.29. The Morgan fingerprint density at radius 3 is 2.68 bits per heavy atom. The lowest BCUT2D eigenvalue weighted by molar-refractivity contribution is 0.122. The summed E-state index contributed by atoms with van der Waals surface area (Å²) in [7, 11) is 4.07. The number of fused-ring (bicyclic) bond motifs is 2. The van der Waals surface area contributed by atoms with Crippen LogP contribution in [0, 0.1) is 5.82 Å². The number of ether oxygens (including phenoxy) is 1. The number of nitrogens with zero attached hydrogens (tertiary/aromatic N) is 6. The van der Waals surface area contributed by atoms with Crippen molar-refractivity contribution in [2.45, 2.75) is 6.54 Å². The number of benzene rings is 2. The zero-order valence-electron chi connectivity index (χ0n) is 22.9. The van der Waals surface area contributed by atoms with Gasteiger partial charge in [0.05, 0.1) is 29.6 Å². The highest BCUT2D eigenvalue weighted by molar-refractivity contribution is 5.97. The molecule has 7 rings (SSSR count). The molecule has 0 aliphatic carbocycles. The summed E-state index contributed by atoms with van der Waals surface area (Å²) < 4.78 is 20.3. The molecule has 206 valence electrons. The van der Waals surface area contributed by atoms with E-state index in [1.165, 1.54) is 0 Å². The Kier molecular flexibility index (Phi) is 6.41. The van der Waals surface area contributed by atoms with E-state index in [9.17, 15) is 4.39 Å². The molecule has 5 heterocycles. The first-order valence-electron chi connectivity index (χ1n) is 13.6. The Hall–Kier alpha value is -4.67. The summed E-state index contributed by atoms with van der Waals surface area (Å²) in [5.74, 6) is 0.359. The molecule has 1 saturated heterocycles. The normalized spacial score (nSPS) is 14.0. The molecule has 2 aromatic carbocycles. The van der Waals surface area contributed by atoms with Gasteiger partial charge in [-0.3, -0.25) is 10.1 Å². The van der Waals surface area contributed by atoms with Crippen LogP contribution < -0.4 is 4.90 Å². The molecule has 4 aromatic heterocycles. The molecule has 0 amide bonds. The topological polar surface area (TPSA) is 98.8 Å². The van der Waals surface area contributed by atoms with Crippen molar-refractivity contribution in [2.24, 2.45) is 0 Å². The minimum atomic E-state index is -0.279. The fourth-order valence-corrected chi connectivity index (χ4v) is 5.45. The molecule has 0 atom stereocenters. The van der Waals surface area contributed by atoms with Gasteiger partial charge in [0.2, 0.25) is 0 Å². The lowest BCUT2D eigenvalue weighted by Crippen LogP contribution is -2.36. The van der Waals surface area contributed by atoms with Crippen LogP contribution in [0.4, 0.5) is 10.1 Å².